The Bertz CT molecular complexity index is 378. The zero-order chi connectivity index (χ0) is 12.3. The molecule has 2 rings (SSSR count). The van der Waals surface area contributed by atoms with Crippen molar-refractivity contribution in [3.05, 3.63) is 18.2 Å². The van der Waals surface area contributed by atoms with E-state index in [1.54, 1.807) is 0 Å². The van der Waals surface area contributed by atoms with Crippen LogP contribution in [0.3, 0.4) is 0 Å². The highest BCUT2D eigenvalue weighted by Gasteiger charge is 2.21. The molecule has 0 amide bonds. The van der Waals surface area contributed by atoms with Crippen LogP contribution in [0.2, 0.25) is 0 Å². The second-order valence-corrected chi connectivity index (χ2v) is 5.96. The molecule has 3 heteroatoms. The maximum absolute atomic E-state index is 5.98. The minimum Gasteiger partial charge on any atom is -0.486 e. The average molecular weight is 251 g/mol. The van der Waals surface area contributed by atoms with Gasteiger partial charge in [-0.1, -0.05) is 20.8 Å². The third kappa shape index (κ3) is 3.09. The number of hydrogen-bond acceptors (Lipinski definition) is 3. The molecule has 0 fully saturated rings. The SMILES string of the molecule is CCCSc1ccc2c(c1)NCC(C(C)C)O2. The molecule has 1 atom stereocenters. The van der Waals surface area contributed by atoms with Gasteiger partial charge in [0.25, 0.3) is 0 Å². The van der Waals surface area contributed by atoms with Gasteiger partial charge in [0.05, 0.1) is 12.2 Å². The number of hydrogen-bond donors (Lipinski definition) is 1. The lowest BCUT2D eigenvalue weighted by Crippen LogP contribution is -2.34. The van der Waals surface area contributed by atoms with E-state index in [1.165, 1.54) is 17.1 Å². The molecule has 1 aliphatic rings. The first-order valence-electron chi connectivity index (χ1n) is 6.38. The van der Waals surface area contributed by atoms with E-state index in [2.05, 4.69) is 44.3 Å². The fourth-order valence-electron chi connectivity index (χ4n) is 1.85. The van der Waals surface area contributed by atoms with Crippen molar-refractivity contribution in [2.24, 2.45) is 5.92 Å². The predicted molar refractivity (Wildman–Crippen MR) is 75.2 cm³/mol. The summed E-state index contributed by atoms with van der Waals surface area (Å²) in [7, 11) is 0. The molecule has 1 heterocycles. The van der Waals surface area contributed by atoms with Gasteiger partial charge in [0.2, 0.25) is 0 Å². The monoisotopic (exact) mass is 251 g/mol. The highest BCUT2D eigenvalue weighted by atomic mass is 32.2. The maximum Gasteiger partial charge on any atom is 0.143 e. The zero-order valence-corrected chi connectivity index (χ0v) is 11.6. The van der Waals surface area contributed by atoms with Crippen LogP contribution >= 0.6 is 11.8 Å². The molecule has 0 bridgehead atoms. The molecule has 0 aromatic heterocycles. The summed E-state index contributed by atoms with van der Waals surface area (Å²) in [5, 5.41) is 3.47. The first-order chi connectivity index (χ1) is 8.20. The fourth-order valence-corrected chi connectivity index (χ4v) is 2.65. The summed E-state index contributed by atoms with van der Waals surface area (Å²) in [4.78, 5) is 1.32. The summed E-state index contributed by atoms with van der Waals surface area (Å²) in [6.45, 7) is 7.51. The van der Waals surface area contributed by atoms with Crippen molar-refractivity contribution in [2.75, 3.05) is 17.6 Å². The Labute approximate surface area is 108 Å². The van der Waals surface area contributed by atoms with E-state index >= 15 is 0 Å². The lowest BCUT2D eigenvalue weighted by Gasteiger charge is -2.30. The molecule has 1 aromatic rings. The Morgan fingerprint density at radius 3 is 3.00 bits per heavy atom. The lowest BCUT2D eigenvalue weighted by atomic mass is 10.1. The van der Waals surface area contributed by atoms with Crippen molar-refractivity contribution in [3.8, 4) is 5.75 Å². The van der Waals surface area contributed by atoms with Crippen LogP contribution in [0, 0.1) is 5.92 Å². The van der Waals surface area contributed by atoms with Gasteiger partial charge in [-0.2, -0.15) is 0 Å². The largest absolute Gasteiger partial charge is 0.486 e. The third-order valence-corrected chi connectivity index (χ3v) is 4.14. The minimum atomic E-state index is 0.289. The van der Waals surface area contributed by atoms with Crippen molar-refractivity contribution < 1.29 is 4.74 Å². The number of thioether (sulfide) groups is 1. The van der Waals surface area contributed by atoms with Gasteiger partial charge in [-0.15, -0.1) is 11.8 Å². The Kier molecular flexibility index (Phi) is 4.21. The summed E-state index contributed by atoms with van der Waals surface area (Å²) in [5.41, 5.74) is 1.14. The Morgan fingerprint density at radius 2 is 2.29 bits per heavy atom. The molecule has 1 N–H and O–H groups in total. The quantitative estimate of drug-likeness (QED) is 0.817. The number of rotatable bonds is 4. The molecule has 0 saturated heterocycles. The van der Waals surface area contributed by atoms with Crippen LogP contribution in [0.15, 0.2) is 23.1 Å². The molecule has 0 aliphatic carbocycles. The molecule has 1 aromatic carbocycles. The molecule has 0 saturated carbocycles. The van der Waals surface area contributed by atoms with Crippen LogP contribution in [-0.2, 0) is 0 Å². The lowest BCUT2D eigenvalue weighted by molar-refractivity contribution is 0.156. The van der Waals surface area contributed by atoms with Gasteiger partial charge in [0.15, 0.2) is 0 Å². The van der Waals surface area contributed by atoms with Crippen LogP contribution in [0.25, 0.3) is 0 Å². The van der Waals surface area contributed by atoms with Crippen LogP contribution < -0.4 is 10.1 Å². The molecule has 17 heavy (non-hydrogen) atoms. The standard InChI is InChI=1S/C14H21NOS/c1-4-7-17-11-5-6-13-12(8-11)15-9-14(16-13)10(2)3/h5-6,8,10,14-15H,4,7,9H2,1-3H3. The van der Waals surface area contributed by atoms with Gasteiger partial charge < -0.3 is 10.1 Å². The number of benzene rings is 1. The second kappa shape index (κ2) is 5.67. The molecule has 1 aliphatic heterocycles. The highest BCUT2D eigenvalue weighted by molar-refractivity contribution is 7.99. The Morgan fingerprint density at radius 1 is 1.47 bits per heavy atom. The maximum atomic E-state index is 5.98. The van der Waals surface area contributed by atoms with E-state index in [1.807, 2.05) is 11.8 Å². The second-order valence-electron chi connectivity index (χ2n) is 4.79. The number of anilines is 1. The molecule has 94 valence electrons. The minimum absolute atomic E-state index is 0.289. The van der Waals surface area contributed by atoms with Gasteiger partial charge in [-0.05, 0) is 36.3 Å². The number of nitrogens with one attached hydrogen (secondary N) is 1. The summed E-state index contributed by atoms with van der Waals surface area (Å²) < 4.78 is 5.98. The zero-order valence-electron chi connectivity index (χ0n) is 10.8. The van der Waals surface area contributed by atoms with E-state index in [0.717, 1.165) is 18.0 Å². The average Bonchev–Trinajstić information content (AvgIpc) is 2.35. The normalized spacial score (nSPS) is 18.5. The van der Waals surface area contributed by atoms with Crippen LogP contribution in [-0.4, -0.2) is 18.4 Å². The summed E-state index contributed by atoms with van der Waals surface area (Å²) >= 11 is 1.90. The van der Waals surface area contributed by atoms with Crippen LogP contribution in [0.4, 0.5) is 5.69 Å². The van der Waals surface area contributed by atoms with E-state index < -0.39 is 0 Å². The van der Waals surface area contributed by atoms with Crippen molar-refractivity contribution >= 4 is 17.4 Å². The van der Waals surface area contributed by atoms with Gasteiger partial charge in [0.1, 0.15) is 11.9 Å². The molecule has 2 nitrogen and oxygen atoms in total. The fraction of sp³-hybridized carbons (Fsp3) is 0.571. The van der Waals surface area contributed by atoms with E-state index in [-0.39, 0.29) is 6.10 Å². The highest BCUT2D eigenvalue weighted by Crippen LogP contribution is 2.34. The van der Waals surface area contributed by atoms with Crippen molar-refractivity contribution in [2.45, 2.75) is 38.2 Å². The summed E-state index contributed by atoms with van der Waals surface area (Å²) in [6, 6.07) is 6.45. The molecule has 1 unspecified atom stereocenters. The Hall–Kier alpha value is -0.830. The number of ether oxygens (including phenoxy) is 1. The molecule has 0 spiro atoms. The summed E-state index contributed by atoms with van der Waals surface area (Å²) in [5.74, 6) is 2.72. The predicted octanol–water partition coefficient (Wildman–Crippen LogP) is 4.02. The van der Waals surface area contributed by atoms with Crippen molar-refractivity contribution in [3.63, 3.8) is 0 Å². The van der Waals surface area contributed by atoms with Gasteiger partial charge in [-0.25, -0.2) is 0 Å². The molecule has 0 radical (unpaired) electrons. The first kappa shape index (κ1) is 12.6. The van der Waals surface area contributed by atoms with Gasteiger partial charge in [0, 0.05) is 4.90 Å². The van der Waals surface area contributed by atoms with E-state index in [4.69, 9.17) is 4.74 Å². The van der Waals surface area contributed by atoms with E-state index in [9.17, 15) is 0 Å². The first-order valence-corrected chi connectivity index (χ1v) is 7.36. The van der Waals surface area contributed by atoms with Gasteiger partial charge in [-0.3, -0.25) is 0 Å². The molecular weight excluding hydrogens is 230 g/mol. The molecular formula is C14H21NOS. The smallest absolute Gasteiger partial charge is 0.143 e. The topological polar surface area (TPSA) is 21.3 Å². The van der Waals surface area contributed by atoms with Crippen molar-refractivity contribution in [1.29, 1.82) is 0 Å². The Balaban J connectivity index is 2.08. The summed E-state index contributed by atoms with van der Waals surface area (Å²) in [6.07, 6.45) is 1.50. The van der Waals surface area contributed by atoms with Crippen molar-refractivity contribution in [1.82, 2.24) is 0 Å². The van der Waals surface area contributed by atoms with Gasteiger partial charge >= 0.3 is 0 Å². The third-order valence-electron chi connectivity index (χ3n) is 2.94. The number of fused-ring (bicyclic) bond motifs is 1. The van der Waals surface area contributed by atoms with Crippen LogP contribution in [0.5, 0.6) is 5.75 Å². The van der Waals surface area contributed by atoms with Crippen LogP contribution in [0.1, 0.15) is 27.2 Å². The van der Waals surface area contributed by atoms with E-state index in [0.29, 0.717) is 5.92 Å².